The lowest BCUT2D eigenvalue weighted by Gasteiger charge is -2.31. The maximum Gasteiger partial charge on any atom is 0.236 e. The molecule has 0 aliphatic carbocycles. The van der Waals surface area contributed by atoms with E-state index in [0.29, 0.717) is 6.54 Å². The number of amides is 2. The van der Waals surface area contributed by atoms with E-state index in [1.807, 2.05) is 6.92 Å². The Bertz CT molecular complexity index is 277. The first-order chi connectivity index (χ1) is 6.07. The molecule has 0 saturated carbocycles. The molecule has 2 unspecified atom stereocenters. The number of nitrogens with one attached hydrogen (secondary N) is 1. The largest absolute Gasteiger partial charge is 0.316 e. The normalized spacial score (nSPS) is 39.5. The SMILES string of the molecule is CN1C(=O)C2CCNCC2(C)C1=O. The highest BCUT2D eigenvalue weighted by Crippen LogP contribution is 2.40. The van der Waals surface area contributed by atoms with Crippen LogP contribution in [0.4, 0.5) is 0 Å². The van der Waals surface area contributed by atoms with Crippen molar-refractivity contribution in [2.75, 3.05) is 20.1 Å². The van der Waals surface area contributed by atoms with E-state index in [9.17, 15) is 9.59 Å². The lowest BCUT2D eigenvalue weighted by molar-refractivity contribution is -0.139. The molecule has 0 aromatic carbocycles. The van der Waals surface area contributed by atoms with Crippen molar-refractivity contribution in [1.29, 1.82) is 0 Å². The Kier molecular flexibility index (Phi) is 1.70. The number of piperidine rings is 1. The second kappa shape index (κ2) is 2.54. The molecule has 2 aliphatic heterocycles. The zero-order valence-corrected chi connectivity index (χ0v) is 7.96. The fraction of sp³-hybridized carbons (Fsp3) is 0.778. The monoisotopic (exact) mass is 182 g/mol. The van der Waals surface area contributed by atoms with Crippen LogP contribution in [0.2, 0.25) is 0 Å². The third-order valence-electron chi connectivity index (χ3n) is 3.29. The molecule has 2 amide bonds. The third kappa shape index (κ3) is 0.950. The van der Waals surface area contributed by atoms with Crippen LogP contribution in [0.25, 0.3) is 0 Å². The molecule has 2 fully saturated rings. The van der Waals surface area contributed by atoms with Crippen molar-refractivity contribution >= 4 is 11.8 Å². The minimum atomic E-state index is -0.482. The Morgan fingerprint density at radius 2 is 2.23 bits per heavy atom. The molecular weight excluding hydrogens is 168 g/mol. The van der Waals surface area contributed by atoms with Gasteiger partial charge in [-0.15, -0.1) is 0 Å². The second-order valence-corrected chi connectivity index (χ2v) is 4.14. The van der Waals surface area contributed by atoms with Crippen LogP contribution in [0.5, 0.6) is 0 Å². The fourth-order valence-corrected chi connectivity index (χ4v) is 2.37. The van der Waals surface area contributed by atoms with Crippen molar-refractivity contribution < 1.29 is 9.59 Å². The predicted molar refractivity (Wildman–Crippen MR) is 46.9 cm³/mol. The van der Waals surface area contributed by atoms with Crippen LogP contribution in [0.15, 0.2) is 0 Å². The summed E-state index contributed by atoms with van der Waals surface area (Å²) in [7, 11) is 1.58. The van der Waals surface area contributed by atoms with E-state index in [4.69, 9.17) is 0 Å². The topological polar surface area (TPSA) is 49.4 Å². The summed E-state index contributed by atoms with van der Waals surface area (Å²) in [6.45, 7) is 3.35. The van der Waals surface area contributed by atoms with Gasteiger partial charge in [-0.3, -0.25) is 14.5 Å². The predicted octanol–water partition coefficient (Wildman–Crippen LogP) is -0.399. The van der Waals surface area contributed by atoms with Gasteiger partial charge in [0.2, 0.25) is 11.8 Å². The lowest BCUT2D eigenvalue weighted by Crippen LogP contribution is -2.47. The van der Waals surface area contributed by atoms with E-state index in [1.54, 1.807) is 7.05 Å². The van der Waals surface area contributed by atoms with E-state index in [1.165, 1.54) is 4.90 Å². The summed E-state index contributed by atoms with van der Waals surface area (Å²) < 4.78 is 0. The lowest BCUT2D eigenvalue weighted by atomic mass is 9.75. The first-order valence-corrected chi connectivity index (χ1v) is 4.60. The first kappa shape index (κ1) is 8.69. The summed E-state index contributed by atoms with van der Waals surface area (Å²) in [6, 6.07) is 0. The van der Waals surface area contributed by atoms with Gasteiger partial charge >= 0.3 is 0 Å². The Morgan fingerprint density at radius 3 is 2.85 bits per heavy atom. The first-order valence-electron chi connectivity index (χ1n) is 4.60. The van der Waals surface area contributed by atoms with Crippen LogP contribution >= 0.6 is 0 Å². The number of imide groups is 1. The zero-order chi connectivity index (χ0) is 9.64. The maximum absolute atomic E-state index is 11.7. The number of nitrogens with zero attached hydrogens (tertiary/aromatic N) is 1. The highest BCUT2D eigenvalue weighted by molar-refractivity contribution is 6.07. The minimum absolute atomic E-state index is 0.00556. The molecule has 72 valence electrons. The van der Waals surface area contributed by atoms with Crippen LogP contribution in [0.1, 0.15) is 13.3 Å². The molecule has 4 heteroatoms. The van der Waals surface area contributed by atoms with E-state index in [0.717, 1.165) is 13.0 Å². The van der Waals surface area contributed by atoms with Gasteiger partial charge in [0, 0.05) is 13.6 Å². The molecule has 2 saturated heterocycles. The van der Waals surface area contributed by atoms with E-state index >= 15 is 0 Å². The van der Waals surface area contributed by atoms with Crippen molar-refractivity contribution in [1.82, 2.24) is 10.2 Å². The van der Waals surface area contributed by atoms with Crippen molar-refractivity contribution in [3.05, 3.63) is 0 Å². The summed E-state index contributed by atoms with van der Waals surface area (Å²) in [5, 5.41) is 3.17. The molecule has 0 bridgehead atoms. The Hall–Kier alpha value is -0.900. The van der Waals surface area contributed by atoms with Crippen molar-refractivity contribution in [2.45, 2.75) is 13.3 Å². The number of rotatable bonds is 0. The number of carbonyl (C=O) groups is 2. The van der Waals surface area contributed by atoms with Crippen LogP contribution in [-0.2, 0) is 9.59 Å². The Morgan fingerprint density at radius 1 is 1.54 bits per heavy atom. The highest BCUT2D eigenvalue weighted by atomic mass is 16.2. The summed E-state index contributed by atoms with van der Waals surface area (Å²) >= 11 is 0. The molecule has 13 heavy (non-hydrogen) atoms. The molecule has 0 aromatic heterocycles. The Balaban J connectivity index is 2.38. The fourth-order valence-electron chi connectivity index (χ4n) is 2.37. The minimum Gasteiger partial charge on any atom is -0.316 e. The molecule has 0 spiro atoms. The number of hydrogen-bond donors (Lipinski definition) is 1. The highest BCUT2D eigenvalue weighted by Gasteiger charge is 2.55. The van der Waals surface area contributed by atoms with Gasteiger partial charge in [0.05, 0.1) is 11.3 Å². The van der Waals surface area contributed by atoms with Crippen molar-refractivity contribution in [3.8, 4) is 0 Å². The van der Waals surface area contributed by atoms with Gasteiger partial charge < -0.3 is 5.32 Å². The molecule has 0 aromatic rings. The molecule has 1 N–H and O–H groups in total. The van der Waals surface area contributed by atoms with Crippen molar-refractivity contribution in [2.24, 2.45) is 11.3 Å². The van der Waals surface area contributed by atoms with Gasteiger partial charge in [-0.05, 0) is 19.9 Å². The summed E-state index contributed by atoms with van der Waals surface area (Å²) in [6.07, 6.45) is 0.783. The molecular formula is C9H14N2O2. The number of fused-ring (bicyclic) bond motifs is 1. The average Bonchev–Trinajstić information content (AvgIpc) is 2.29. The zero-order valence-electron chi connectivity index (χ0n) is 7.96. The summed E-state index contributed by atoms with van der Waals surface area (Å²) in [5.41, 5.74) is -0.482. The number of carbonyl (C=O) groups excluding carboxylic acids is 2. The standard InChI is InChI=1S/C9H14N2O2/c1-9-5-10-4-3-6(9)7(12)11(2)8(9)13/h6,10H,3-5H2,1-2H3. The van der Waals surface area contributed by atoms with E-state index < -0.39 is 5.41 Å². The van der Waals surface area contributed by atoms with Crippen LogP contribution in [0.3, 0.4) is 0 Å². The average molecular weight is 182 g/mol. The third-order valence-corrected chi connectivity index (χ3v) is 3.29. The van der Waals surface area contributed by atoms with Gasteiger partial charge in [-0.2, -0.15) is 0 Å². The van der Waals surface area contributed by atoms with E-state index in [-0.39, 0.29) is 17.7 Å². The molecule has 4 nitrogen and oxygen atoms in total. The number of hydrogen-bond acceptors (Lipinski definition) is 3. The van der Waals surface area contributed by atoms with Gasteiger partial charge in [-0.1, -0.05) is 0 Å². The quantitative estimate of drug-likeness (QED) is 0.519. The smallest absolute Gasteiger partial charge is 0.236 e. The van der Waals surface area contributed by atoms with Gasteiger partial charge in [0.15, 0.2) is 0 Å². The molecule has 2 aliphatic rings. The van der Waals surface area contributed by atoms with Gasteiger partial charge in [0.1, 0.15) is 0 Å². The van der Waals surface area contributed by atoms with Gasteiger partial charge in [-0.25, -0.2) is 0 Å². The molecule has 2 heterocycles. The molecule has 2 rings (SSSR count). The second-order valence-electron chi connectivity index (χ2n) is 4.14. The molecule has 0 radical (unpaired) electrons. The Labute approximate surface area is 77.3 Å². The van der Waals surface area contributed by atoms with E-state index in [2.05, 4.69) is 5.32 Å². The summed E-state index contributed by atoms with van der Waals surface area (Å²) in [4.78, 5) is 24.6. The van der Waals surface area contributed by atoms with Crippen LogP contribution in [0, 0.1) is 11.3 Å². The molecule has 2 atom stereocenters. The maximum atomic E-state index is 11.7. The van der Waals surface area contributed by atoms with Crippen molar-refractivity contribution in [3.63, 3.8) is 0 Å². The van der Waals surface area contributed by atoms with Gasteiger partial charge in [0.25, 0.3) is 0 Å². The van der Waals surface area contributed by atoms with Crippen LogP contribution in [-0.4, -0.2) is 36.9 Å². The van der Waals surface area contributed by atoms with Crippen LogP contribution < -0.4 is 5.32 Å². The number of likely N-dealkylation sites (tertiary alicyclic amines) is 1. The summed E-state index contributed by atoms with van der Waals surface area (Å²) in [5.74, 6) is -0.130.